The molecule has 0 bridgehead atoms. The highest BCUT2D eigenvalue weighted by Crippen LogP contribution is 2.08. The van der Waals surface area contributed by atoms with Gasteiger partial charge in [-0.05, 0) is 35.1 Å². The van der Waals surface area contributed by atoms with Crippen molar-refractivity contribution in [2.45, 2.75) is 12.7 Å². The molecule has 0 heterocycles. The SMILES string of the molecule is CN(C)C(C)(N[SiH2]Cl)N(C)C. The first-order valence-corrected chi connectivity index (χ1v) is 6.45. The zero-order valence-electron chi connectivity index (χ0n) is 7.98. The molecule has 0 rings (SSSR count). The highest BCUT2D eigenvalue weighted by Gasteiger charge is 2.27. The molecule has 0 spiro atoms. The van der Waals surface area contributed by atoms with Crippen LogP contribution >= 0.6 is 11.1 Å². The topological polar surface area (TPSA) is 18.5 Å². The minimum atomic E-state index is -0.637. The van der Waals surface area contributed by atoms with Crippen molar-refractivity contribution in [3.05, 3.63) is 0 Å². The van der Waals surface area contributed by atoms with Gasteiger partial charge in [0.15, 0.2) is 8.99 Å². The second-order valence-electron chi connectivity index (χ2n) is 3.12. The molecule has 3 nitrogen and oxygen atoms in total. The van der Waals surface area contributed by atoms with Gasteiger partial charge in [-0.2, -0.15) is 11.1 Å². The first-order chi connectivity index (χ1) is 4.95. The highest BCUT2D eigenvalue weighted by molar-refractivity contribution is 6.92. The Morgan fingerprint density at radius 3 is 1.64 bits per heavy atom. The molecular weight excluding hydrogens is 178 g/mol. The van der Waals surface area contributed by atoms with Gasteiger partial charge in [-0.3, -0.25) is 9.80 Å². The average Bonchev–Trinajstić information content (AvgIpc) is 1.87. The molecule has 0 aromatic carbocycles. The van der Waals surface area contributed by atoms with Crippen molar-refractivity contribution < 1.29 is 0 Å². The monoisotopic (exact) mass is 195 g/mol. The number of nitrogens with one attached hydrogen (secondary N) is 1. The fraction of sp³-hybridized carbons (Fsp3) is 1.00. The maximum atomic E-state index is 5.75. The van der Waals surface area contributed by atoms with E-state index in [9.17, 15) is 0 Å². The molecule has 0 aliphatic rings. The van der Waals surface area contributed by atoms with E-state index in [1.54, 1.807) is 0 Å². The number of rotatable bonds is 4. The van der Waals surface area contributed by atoms with Crippen LogP contribution in [0.2, 0.25) is 0 Å². The summed E-state index contributed by atoms with van der Waals surface area (Å²) in [5, 5.41) is 0. The van der Waals surface area contributed by atoms with Crippen molar-refractivity contribution in [1.82, 2.24) is 14.8 Å². The molecule has 0 aromatic rings. The smallest absolute Gasteiger partial charge is 0.197 e. The summed E-state index contributed by atoms with van der Waals surface area (Å²) in [6.07, 6.45) is 0. The summed E-state index contributed by atoms with van der Waals surface area (Å²) in [4.78, 5) is 7.54. The molecule has 68 valence electrons. The van der Waals surface area contributed by atoms with E-state index in [1.165, 1.54) is 0 Å². The lowest BCUT2D eigenvalue weighted by Crippen LogP contribution is -2.63. The zero-order chi connectivity index (χ0) is 9.07. The molecule has 0 saturated heterocycles. The normalized spacial score (nSPS) is 14.2. The Morgan fingerprint density at radius 2 is 1.55 bits per heavy atom. The van der Waals surface area contributed by atoms with Crippen molar-refractivity contribution in [3.8, 4) is 0 Å². The number of hydrogen-bond donors (Lipinski definition) is 1. The third-order valence-corrected chi connectivity index (χ3v) is 3.35. The van der Waals surface area contributed by atoms with Crippen molar-refractivity contribution in [3.63, 3.8) is 0 Å². The summed E-state index contributed by atoms with van der Waals surface area (Å²) in [6.45, 7) is 2.11. The Kier molecular flexibility index (Phi) is 4.58. The molecule has 0 fully saturated rings. The predicted octanol–water partition coefficient (Wildman–Crippen LogP) is -0.390. The number of hydrogen-bond acceptors (Lipinski definition) is 3. The average molecular weight is 196 g/mol. The molecule has 5 heteroatoms. The summed E-state index contributed by atoms with van der Waals surface area (Å²) >= 11 is 5.75. The highest BCUT2D eigenvalue weighted by atomic mass is 35.6. The van der Waals surface area contributed by atoms with Crippen LogP contribution in [0.3, 0.4) is 0 Å². The molecule has 0 unspecified atom stereocenters. The molecule has 1 N–H and O–H groups in total. The van der Waals surface area contributed by atoms with Gasteiger partial charge >= 0.3 is 0 Å². The van der Waals surface area contributed by atoms with Crippen molar-refractivity contribution in [2.75, 3.05) is 28.2 Å². The summed E-state index contributed by atoms with van der Waals surface area (Å²) < 4.78 is 0. The molecule has 0 radical (unpaired) electrons. The van der Waals surface area contributed by atoms with Crippen molar-refractivity contribution in [1.29, 1.82) is 0 Å². The molecule has 0 saturated carbocycles. The van der Waals surface area contributed by atoms with Gasteiger partial charge in [0.25, 0.3) is 0 Å². The summed E-state index contributed by atoms with van der Waals surface area (Å²) in [5.74, 6) is -0.103. The van der Waals surface area contributed by atoms with Crippen molar-refractivity contribution in [2.24, 2.45) is 0 Å². The molecule has 0 aromatic heterocycles. The standard InChI is InChI=1S/C6H18ClN3Si/c1-6(8-11-7,9(2)3)10(4)5/h8H,11H2,1-5H3. The number of halogens is 1. The lowest BCUT2D eigenvalue weighted by atomic mass is 10.3. The van der Waals surface area contributed by atoms with E-state index in [4.69, 9.17) is 11.1 Å². The largest absolute Gasteiger partial charge is 0.300 e. The van der Waals surface area contributed by atoms with Crippen LogP contribution in [0.5, 0.6) is 0 Å². The Labute approximate surface area is 76.3 Å². The molecule has 11 heavy (non-hydrogen) atoms. The van der Waals surface area contributed by atoms with E-state index in [1.807, 2.05) is 28.2 Å². The summed E-state index contributed by atoms with van der Waals surface area (Å²) in [7, 11) is 7.51. The van der Waals surface area contributed by atoms with Crippen LogP contribution in [0.15, 0.2) is 0 Å². The molecule has 0 amide bonds. The maximum absolute atomic E-state index is 5.75. The van der Waals surface area contributed by atoms with Gasteiger partial charge in [-0.25, -0.2) is 0 Å². The van der Waals surface area contributed by atoms with E-state index in [0.29, 0.717) is 0 Å². The van der Waals surface area contributed by atoms with Crippen LogP contribution in [-0.4, -0.2) is 52.8 Å². The van der Waals surface area contributed by atoms with Crippen LogP contribution in [-0.2, 0) is 0 Å². The van der Waals surface area contributed by atoms with Crippen LogP contribution < -0.4 is 4.98 Å². The van der Waals surface area contributed by atoms with Crippen LogP contribution in [0, 0.1) is 0 Å². The Balaban J connectivity index is 4.26. The molecular formula is C6H18ClN3Si. The van der Waals surface area contributed by atoms with Gasteiger partial charge in [0.2, 0.25) is 0 Å². The van der Waals surface area contributed by atoms with Crippen LogP contribution in [0.4, 0.5) is 0 Å². The molecule has 0 aliphatic heterocycles. The van der Waals surface area contributed by atoms with Crippen LogP contribution in [0.25, 0.3) is 0 Å². The third-order valence-electron chi connectivity index (χ3n) is 2.14. The second-order valence-corrected chi connectivity index (χ2v) is 4.54. The fourth-order valence-electron chi connectivity index (χ4n) is 0.843. The van der Waals surface area contributed by atoms with Crippen molar-refractivity contribution >= 4 is 20.1 Å². The van der Waals surface area contributed by atoms with E-state index in [0.717, 1.165) is 0 Å². The van der Waals surface area contributed by atoms with Gasteiger partial charge in [0, 0.05) is 0 Å². The van der Waals surface area contributed by atoms with Gasteiger partial charge in [-0.15, -0.1) is 0 Å². The van der Waals surface area contributed by atoms with Crippen LogP contribution in [0.1, 0.15) is 6.92 Å². The lowest BCUT2D eigenvalue weighted by molar-refractivity contribution is 0.0105. The quantitative estimate of drug-likeness (QED) is 0.375. The van der Waals surface area contributed by atoms with E-state index in [-0.39, 0.29) is 5.79 Å². The maximum Gasteiger partial charge on any atom is 0.197 e. The Hall–Kier alpha value is 0.387. The second kappa shape index (κ2) is 4.42. The van der Waals surface area contributed by atoms with Gasteiger partial charge in [-0.1, -0.05) is 0 Å². The third kappa shape index (κ3) is 2.72. The van der Waals surface area contributed by atoms with Gasteiger partial charge < -0.3 is 4.98 Å². The first kappa shape index (κ1) is 11.4. The fourth-order valence-corrected chi connectivity index (χ4v) is 2.49. The summed E-state index contributed by atoms with van der Waals surface area (Å²) in [6, 6.07) is 0. The minimum absolute atomic E-state index is 0.103. The first-order valence-electron chi connectivity index (χ1n) is 3.61. The van der Waals surface area contributed by atoms with E-state index in [2.05, 4.69) is 21.7 Å². The van der Waals surface area contributed by atoms with Gasteiger partial charge in [0.05, 0.1) is 0 Å². The lowest BCUT2D eigenvalue weighted by Gasteiger charge is -2.42. The van der Waals surface area contributed by atoms with E-state index >= 15 is 0 Å². The molecule has 0 aliphatic carbocycles. The molecule has 0 atom stereocenters. The zero-order valence-corrected chi connectivity index (χ0v) is 10.1. The predicted molar refractivity (Wildman–Crippen MR) is 53.3 cm³/mol. The number of nitrogens with zero attached hydrogens (tertiary/aromatic N) is 2. The van der Waals surface area contributed by atoms with E-state index < -0.39 is 8.99 Å². The summed E-state index contributed by atoms with van der Waals surface area (Å²) in [5.41, 5.74) is 0. The minimum Gasteiger partial charge on any atom is -0.300 e. The Bertz CT molecular complexity index is 110. The Morgan fingerprint density at radius 1 is 1.18 bits per heavy atom. The van der Waals surface area contributed by atoms with Gasteiger partial charge in [0.1, 0.15) is 5.79 Å².